The Morgan fingerprint density at radius 2 is 1.35 bits per heavy atom. The van der Waals surface area contributed by atoms with Crippen molar-refractivity contribution >= 4 is 29.2 Å². The van der Waals surface area contributed by atoms with E-state index in [0.29, 0.717) is 16.8 Å². The minimum atomic E-state index is -1.32. The fraction of sp³-hybridized carbons (Fsp3) is 0.171. The Bertz CT molecular complexity index is 1720. The van der Waals surface area contributed by atoms with Crippen LogP contribution >= 0.6 is 0 Å². The molecule has 3 aliphatic rings. The van der Waals surface area contributed by atoms with Crippen LogP contribution in [0.25, 0.3) is 6.08 Å². The molecule has 3 aliphatic heterocycles. The molecule has 0 aromatic heterocycles. The summed E-state index contributed by atoms with van der Waals surface area (Å²) < 4.78 is 0. The van der Waals surface area contributed by atoms with Gasteiger partial charge in [0, 0.05) is 23.0 Å². The third-order valence-corrected chi connectivity index (χ3v) is 8.79. The van der Waals surface area contributed by atoms with E-state index in [1.54, 1.807) is 12.1 Å². The Morgan fingerprint density at radius 3 is 2.05 bits per heavy atom. The minimum absolute atomic E-state index is 0.173. The molecule has 3 heterocycles. The van der Waals surface area contributed by atoms with Crippen molar-refractivity contribution in [2.45, 2.75) is 31.3 Å². The van der Waals surface area contributed by atoms with Crippen LogP contribution in [0, 0.1) is 19.8 Å². The first-order valence-corrected chi connectivity index (χ1v) is 13.6. The van der Waals surface area contributed by atoms with E-state index < -0.39 is 23.4 Å². The predicted octanol–water partition coefficient (Wildman–Crippen LogP) is 6.29. The standard InChI is InChI=1S/C35H28N2O3/c1-21-11-15-24(16-12-21)31(38)29-30(32(39)25-17-13-22(2)14-18-25)37-20-19-23-7-3-4-8-26(23)33(37)35(29)27-9-5-6-10-28(27)36-34(35)40/h3-20,29-30,33H,1-2H3,(H,36,40)/t29-,30-,33+,35+/m0/s1. The van der Waals surface area contributed by atoms with E-state index in [1.165, 1.54) is 0 Å². The smallest absolute Gasteiger partial charge is 0.238 e. The Kier molecular flexibility index (Phi) is 5.39. The number of benzene rings is 4. The monoisotopic (exact) mass is 524 g/mol. The molecule has 1 saturated heterocycles. The zero-order valence-corrected chi connectivity index (χ0v) is 22.3. The topological polar surface area (TPSA) is 66.5 Å². The maximum absolute atomic E-state index is 14.7. The highest BCUT2D eigenvalue weighted by Crippen LogP contribution is 2.62. The fourth-order valence-electron chi connectivity index (χ4n) is 6.95. The van der Waals surface area contributed by atoms with Gasteiger partial charge in [0.05, 0.1) is 12.0 Å². The van der Waals surface area contributed by atoms with Gasteiger partial charge in [-0.25, -0.2) is 0 Å². The Hall–Kier alpha value is -4.77. The lowest BCUT2D eigenvalue weighted by Crippen LogP contribution is -2.49. The van der Waals surface area contributed by atoms with Gasteiger partial charge in [0.25, 0.3) is 0 Å². The summed E-state index contributed by atoms with van der Waals surface area (Å²) in [5.41, 5.74) is 5.11. The third-order valence-electron chi connectivity index (χ3n) is 8.79. The van der Waals surface area contributed by atoms with Crippen LogP contribution in [0.1, 0.15) is 54.6 Å². The number of carbonyl (C=O) groups is 3. The number of hydrogen-bond donors (Lipinski definition) is 1. The van der Waals surface area contributed by atoms with Gasteiger partial charge in [0.2, 0.25) is 5.91 Å². The van der Waals surface area contributed by atoms with Crippen molar-refractivity contribution in [3.8, 4) is 0 Å². The lowest BCUT2D eigenvalue weighted by Gasteiger charge is -2.38. The molecule has 1 fully saturated rings. The molecule has 4 aromatic rings. The number of fused-ring (bicyclic) bond motifs is 6. The molecule has 1 N–H and O–H groups in total. The average Bonchev–Trinajstić information content (AvgIpc) is 3.45. The summed E-state index contributed by atoms with van der Waals surface area (Å²) in [6.45, 7) is 3.94. The van der Waals surface area contributed by atoms with Gasteiger partial charge >= 0.3 is 0 Å². The van der Waals surface area contributed by atoms with E-state index in [-0.39, 0.29) is 17.5 Å². The van der Waals surface area contributed by atoms with Gasteiger partial charge in [0.15, 0.2) is 11.6 Å². The lowest BCUT2D eigenvalue weighted by atomic mass is 9.62. The fourth-order valence-corrected chi connectivity index (χ4v) is 6.95. The van der Waals surface area contributed by atoms with Gasteiger partial charge in [-0.05, 0) is 42.7 Å². The molecule has 0 radical (unpaired) electrons. The van der Waals surface area contributed by atoms with Crippen molar-refractivity contribution in [3.63, 3.8) is 0 Å². The summed E-state index contributed by atoms with van der Waals surface area (Å²) in [4.78, 5) is 45.7. The van der Waals surface area contributed by atoms with Gasteiger partial charge in [-0.1, -0.05) is 102 Å². The molecular formula is C35H28N2O3. The first kappa shape index (κ1) is 24.3. The molecule has 1 amide bonds. The van der Waals surface area contributed by atoms with E-state index in [2.05, 4.69) is 5.32 Å². The Labute approximate surface area is 233 Å². The third kappa shape index (κ3) is 3.30. The zero-order chi connectivity index (χ0) is 27.6. The number of hydrogen-bond acceptors (Lipinski definition) is 4. The highest BCUT2D eigenvalue weighted by atomic mass is 16.2. The zero-order valence-electron chi connectivity index (χ0n) is 22.3. The van der Waals surface area contributed by atoms with Crippen molar-refractivity contribution in [3.05, 3.63) is 142 Å². The molecule has 4 atom stereocenters. The number of ketones is 2. The van der Waals surface area contributed by atoms with Crippen LogP contribution < -0.4 is 5.32 Å². The number of aryl methyl sites for hydroxylation is 2. The van der Waals surface area contributed by atoms with E-state index in [4.69, 9.17) is 0 Å². The number of nitrogens with zero attached hydrogens (tertiary/aromatic N) is 1. The first-order chi connectivity index (χ1) is 19.4. The van der Waals surface area contributed by atoms with Crippen molar-refractivity contribution in [1.82, 2.24) is 4.90 Å². The summed E-state index contributed by atoms with van der Waals surface area (Å²) in [5.74, 6) is -1.60. The van der Waals surface area contributed by atoms with Gasteiger partial charge < -0.3 is 10.2 Å². The predicted molar refractivity (Wildman–Crippen MR) is 155 cm³/mol. The normalized spacial score (nSPS) is 23.9. The number of rotatable bonds is 4. The van der Waals surface area contributed by atoms with Gasteiger partial charge in [0.1, 0.15) is 11.5 Å². The number of amides is 1. The molecule has 7 rings (SSSR count). The maximum atomic E-state index is 14.7. The molecule has 5 nitrogen and oxygen atoms in total. The second-order valence-corrected chi connectivity index (χ2v) is 11.0. The summed E-state index contributed by atoms with van der Waals surface area (Å²) in [5, 5.41) is 3.09. The minimum Gasteiger partial charge on any atom is -0.358 e. The highest BCUT2D eigenvalue weighted by molar-refractivity contribution is 6.16. The van der Waals surface area contributed by atoms with E-state index in [9.17, 15) is 14.4 Å². The number of carbonyl (C=O) groups excluding carboxylic acids is 3. The van der Waals surface area contributed by atoms with E-state index in [1.807, 2.05) is 116 Å². The molecule has 40 heavy (non-hydrogen) atoms. The summed E-state index contributed by atoms with van der Waals surface area (Å²) in [7, 11) is 0. The number of Topliss-reactive ketones (excluding diaryl/α,β-unsaturated/α-hetero) is 2. The molecule has 4 aromatic carbocycles. The Morgan fingerprint density at radius 1 is 0.750 bits per heavy atom. The molecular weight excluding hydrogens is 496 g/mol. The number of para-hydroxylation sites is 1. The quantitative estimate of drug-likeness (QED) is 0.319. The van der Waals surface area contributed by atoms with Crippen LogP contribution in [-0.4, -0.2) is 28.4 Å². The van der Waals surface area contributed by atoms with Gasteiger partial charge in [-0.3, -0.25) is 14.4 Å². The molecule has 5 heteroatoms. The SMILES string of the molecule is Cc1ccc(C(=O)[C@@H]2[C@@H](C(=O)c3ccc(C)cc3)[C@@]3(C(=O)Nc4ccccc43)[C@H]3c4ccccc4C=CN23)cc1. The van der Waals surface area contributed by atoms with Crippen molar-refractivity contribution in [2.24, 2.45) is 5.92 Å². The van der Waals surface area contributed by atoms with Crippen LogP contribution in [-0.2, 0) is 10.2 Å². The number of anilines is 1. The second-order valence-electron chi connectivity index (χ2n) is 11.0. The first-order valence-electron chi connectivity index (χ1n) is 13.6. The van der Waals surface area contributed by atoms with Gasteiger partial charge in [-0.2, -0.15) is 0 Å². The summed E-state index contributed by atoms with van der Waals surface area (Å²) >= 11 is 0. The molecule has 1 spiro atoms. The molecule has 0 bridgehead atoms. The molecule has 196 valence electrons. The van der Waals surface area contributed by atoms with Crippen LogP contribution in [0.3, 0.4) is 0 Å². The summed E-state index contributed by atoms with van der Waals surface area (Å²) in [6, 6.07) is 29.0. The molecule has 0 saturated carbocycles. The van der Waals surface area contributed by atoms with Gasteiger partial charge in [-0.15, -0.1) is 0 Å². The van der Waals surface area contributed by atoms with Crippen LogP contribution in [0.2, 0.25) is 0 Å². The van der Waals surface area contributed by atoms with Crippen LogP contribution in [0.4, 0.5) is 5.69 Å². The van der Waals surface area contributed by atoms with E-state index >= 15 is 0 Å². The average molecular weight is 525 g/mol. The number of nitrogens with one attached hydrogen (secondary N) is 1. The van der Waals surface area contributed by atoms with Crippen LogP contribution in [0.5, 0.6) is 0 Å². The maximum Gasteiger partial charge on any atom is 0.238 e. The molecule has 0 unspecified atom stereocenters. The summed E-state index contributed by atoms with van der Waals surface area (Å²) in [6.07, 6.45) is 3.88. The lowest BCUT2D eigenvalue weighted by molar-refractivity contribution is -0.122. The van der Waals surface area contributed by atoms with Crippen LogP contribution in [0.15, 0.2) is 103 Å². The highest BCUT2D eigenvalue weighted by Gasteiger charge is 2.70. The van der Waals surface area contributed by atoms with Crippen molar-refractivity contribution in [1.29, 1.82) is 0 Å². The largest absolute Gasteiger partial charge is 0.358 e. The Balaban J connectivity index is 1.53. The molecule has 0 aliphatic carbocycles. The van der Waals surface area contributed by atoms with E-state index in [0.717, 1.165) is 27.8 Å². The van der Waals surface area contributed by atoms with Crippen molar-refractivity contribution < 1.29 is 14.4 Å². The second kappa shape index (κ2) is 8.88. The van der Waals surface area contributed by atoms with Crippen molar-refractivity contribution in [2.75, 3.05) is 5.32 Å².